The third-order valence-corrected chi connectivity index (χ3v) is 4.66. The van der Waals surface area contributed by atoms with E-state index in [9.17, 15) is 4.79 Å². The van der Waals surface area contributed by atoms with Crippen molar-refractivity contribution in [3.8, 4) is 0 Å². The van der Waals surface area contributed by atoms with Crippen LogP contribution in [0.2, 0.25) is 0 Å². The lowest BCUT2D eigenvalue weighted by Crippen LogP contribution is -2.30. The Bertz CT molecular complexity index is 818. The molecule has 2 N–H and O–H groups in total. The fourth-order valence-corrected chi connectivity index (χ4v) is 3.30. The van der Waals surface area contributed by atoms with Crippen LogP contribution in [0.4, 0.5) is 0 Å². The second-order valence-corrected chi connectivity index (χ2v) is 6.30. The first kappa shape index (κ1) is 14.1. The third-order valence-electron chi connectivity index (χ3n) is 4.66. The van der Waals surface area contributed by atoms with Crippen LogP contribution in [0.3, 0.4) is 0 Å². The van der Waals surface area contributed by atoms with Gasteiger partial charge in [-0.3, -0.25) is 4.79 Å². The SMILES string of the molecule is O=C(NCc1c[nH]c2ccccc12)C(c1ccccc1)C1CC1. The van der Waals surface area contributed by atoms with Crippen LogP contribution in [0.1, 0.15) is 29.9 Å². The van der Waals surface area contributed by atoms with E-state index in [4.69, 9.17) is 0 Å². The summed E-state index contributed by atoms with van der Waals surface area (Å²) < 4.78 is 0. The van der Waals surface area contributed by atoms with Crippen LogP contribution in [0.5, 0.6) is 0 Å². The minimum Gasteiger partial charge on any atom is -0.361 e. The Morgan fingerprint density at radius 2 is 1.83 bits per heavy atom. The van der Waals surface area contributed by atoms with Crippen LogP contribution in [-0.4, -0.2) is 10.9 Å². The Hall–Kier alpha value is -2.55. The van der Waals surface area contributed by atoms with E-state index in [1.54, 1.807) is 0 Å². The number of amides is 1. The van der Waals surface area contributed by atoms with Crippen LogP contribution in [0.25, 0.3) is 10.9 Å². The van der Waals surface area contributed by atoms with Gasteiger partial charge in [0.15, 0.2) is 0 Å². The second-order valence-electron chi connectivity index (χ2n) is 6.30. The molecule has 0 radical (unpaired) electrons. The maximum absolute atomic E-state index is 12.7. The van der Waals surface area contributed by atoms with Crippen molar-refractivity contribution < 1.29 is 4.79 Å². The molecule has 116 valence electrons. The molecule has 1 fully saturated rings. The summed E-state index contributed by atoms with van der Waals surface area (Å²) in [5, 5.41) is 4.31. The number of aromatic nitrogens is 1. The highest BCUT2D eigenvalue weighted by Gasteiger charge is 2.37. The number of rotatable bonds is 5. The first-order valence-corrected chi connectivity index (χ1v) is 8.20. The van der Waals surface area contributed by atoms with Crippen molar-refractivity contribution in [1.29, 1.82) is 0 Å². The lowest BCUT2D eigenvalue weighted by Gasteiger charge is -2.16. The molecule has 0 saturated heterocycles. The summed E-state index contributed by atoms with van der Waals surface area (Å²) in [5.41, 5.74) is 3.38. The van der Waals surface area contributed by atoms with Gasteiger partial charge in [-0.1, -0.05) is 48.5 Å². The van der Waals surface area contributed by atoms with Gasteiger partial charge in [-0.25, -0.2) is 0 Å². The Balaban J connectivity index is 1.50. The van der Waals surface area contributed by atoms with E-state index in [2.05, 4.69) is 34.6 Å². The van der Waals surface area contributed by atoms with E-state index in [0.717, 1.165) is 29.5 Å². The summed E-state index contributed by atoms with van der Waals surface area (Å²) >= 11 is 0. The van der Waals surface area contributed by atoms with Gasteiger partial charge in [0.2, 0.25) is 5.91 Å². The van der Waals surface area contributed by atoms with Crippen molar-refractivity contribution in [2.24, 2.45) is 5.92 Å². The van der Waals surface area contributed by atoms with Crippen molar-refractivity contribution in [2.45, 2.75) is 25.3 Å². The van der Waals surface area contributed by atoms with Gasteiger partial charge in [-0.15, -0.1) is 0 Å². The average molecular weight is 304 g/mol. The maximum atomic E-state index is 12.7. The zero-order valence-corrected chi connectivity index (χ0v) is 13.0. The molecule has 23 heavy (non-hydrogen) atoms. The van der Waals surface area contributed by atoms with Gasteiger partial charge in [0.05, 0.1) is 5.92 Å². The van der Waals surface area contributed by atoms with E-state index >= 15 is 0 Å². The minimum absolute atomic E-state index is 0.0126. The predicted octanol–water partition coefficient (Wildman–Crippen LogP) is 3.98. The van der Waals surface area contributed by atoms with Gasteiger partial charge in [-0.2, -0.15) is 0 Å². The largest absolute Gasteiger partial charge is 0.361 e. The van der Waals surface area contributed by atoms with E-state index in [0.29, 0.717) is 12.5 Å². The Kier molecular flexibility index (Phi) is 3.62. The molecule has 1 aromatic heterocycles. The number of nitrogens with one attached hydrogen (secondary N) is 2. The molecule has 1 saturated carbocycles. The number of H-pyrrole nitrogens is 1. The zero-order valence-electron chi connectivity index (χ0n) is 13.0. The molecule has 0 bridgehead atoms. The van der Waals surface area contributed by atoms with E-state index < -0.39 is 0 Å². The molecule has 2 aromatic carbocycles. The second kappa shape index (κ2) is 5.92. The molecule has 3 heteroatoms. The Morgan fingerprint density at radius 3 is 2.61 bits per heavy atom. The molecule has 0 spiro atoms. The summed E-state index contributed by atoms with van der Waals surface area (Å²) in [5.74, 6) is 0.630. The van der Waals surface area contributed by atoms with Crippen LogP contribution in [0, 0.1) is 5.92 Å². The molecular formula is C20H20N2O. The summed E-state index contributed by atoms with van der Waals surface area (Å²) in [4.78, 5) is 16.0. The van der Waals surface area contributed by atoms with Gasteiger partial charge < -0.3 is 10.3 Å². The Morgan fingerprint density at radius 1 is 1.09 bits per heavy atom. The van der Waals surface area contributed by atoms with Gasteiger partial charge in [0, 0.05) is 23.6 Å². The number of para-hydroxylation sites is 1. The van der Waals surface area contributed by atoms with Crippen molar-refractivity contribution in [3.63, 3.8) is 0 Å². The van der Waals surface area contributed by atoms with Crippen LogP contribution in [0.15, 0.2) is 60.8 Å². The van der Waals surface area contributed by atoms with Crippen LogP contribution < -0.4 is 5.32 Å². The molecule has 1 atom stereocenters. The fourth-order valence-electron chi connectivity index (χ4n) is 3.30. The van der Waals surface area contributed by atoms with Crippen LogP contribution in [-0.2, 0) is 11.3 Å². The standard InChI is InChI=1S/C20H20N2O/c23-20(19(15-10-11-15)14-6-2-1-3-7-14)22-13-16-12-21-18-9-5-4-8-17(16)18/h1-9,12,15,19,21H,10-11,13H2,(H,22,23). The van der Waals surface area contributed by atoms with E-state index in [-0.39, 0.29) is 11.8 Å². The number of hydrogen-bond donors (Lipinski definition) is 2. The third kappa shape index (κ3) is 2.87. The van der Waals surface area contributed by atoms with Gasteiger partial charge >= 0.3 is 0 Å². The molecule has 1 aliphatic rings. The average Bonchev–Trinajstić information content (AvgIpc) is 3.33. The molecule has 1 heterocycles. The number of benzene rings is 2. The highest BCUT2D eigenvalue weighted by Crippen LogP contribution is 2.42. The van der Waals surface area contributed by atoms with Gasteiger partial charge in [0.1, 0.15) is 0 Å². The zero-order chi connectivity index (χ0) is 15.6. The molecular weight excluding hydrogens is 284 g/mol. The summed E-state index contributed by atoms with van der Waals surface area (Å²) in [6, 6.07) is 18.3. The fraction of sp³-hybridized carbons (Fsp3) is 0.250. The summed E-state index contributed by atoms with van der Waals surface area (Å²) in [7, 11) is 0. The number of carbonyl (C=O) groups is 1. The van der Waals surface area contributed by atoms with Crippen molar-refractivity contribution >= 4 is 16.8 Å². The monoisotopic (exact) mass is 304 g/mol. The van der Waals surface area contributed by atoms with E-state index in [1.165, 1.54) is 5.39 Å². The number of aromatic amines is 1. The number of carbonyl (C=O) groups excluding carboxylic acids is 1. The minimum atomic E-state index is -0.0126. The smallest absolute Gasteiger partial charge is 0.228 e. The maximum Gasteiger partial charge on any atom is 0.228 e. The summed E-state index contributed by atoms with van der Waals surface area (Å²) in [6.45, 7) is 0.568. The molecule has 1 unspecified atom stereocenters. The quantitative estimate of drug-likeness (QED) is 0.736. The Labute approximate surface area is 135 Å². The first-order valence-electron chi connectivity index (χ1n) is 8.20. The lowest BCUT2D eigenvalue weighted by atomic mass is 9.93. The molecule has 1 amide bonds. The highest BCUT2D eigenvalue weighted by atomic mass is 16.1. The lowest BCUT2D eigenvalue weighted by molar-refractivity contribution is -0.123. The topological polar surface area (TPSA) is 44.9 Å². The van der Waals surface area contributed by atoms with Gasteiger partial charge in [-0.05, 0) is 36.0 Å². The number of fused-ring (bicyclic) bond motifs is 1. The molecule has 4 rings (SSSR count). The van der Waals surface area contributed by atoms with Crippen molar-refractivity contribution in [3.05, 3.63) is 71.9 Å². The first-order chi connectivity index (χ1) is 11.3. The molecule has 1 aliphatic carbocycles. The van der Waals surface area contributed by atoms with Crippen molar-refractivity contribution in [2.75, 3.05) is 0 Å². The van der Waals surface area contributed by atoms with Crippen molar-refractivity contribution in [1.82, 2.24) is 10.3 Å². The van der Waals surface area contributed by atoms with E-state index in [1.807, 2.05) is 36.5 Å². The molecule has 3 aromatic rings. The normalized spacial score (nSPS) is 15.5. The molecule has 0 aliphatic heterocycles. The van der Waals surface area contributed by atoms with Gasteiger partial charge in [0.25, 0.3) is 0 Å². The molecule has 3 nitrogen and oxygen atoms in total. The predicted molar refractivity (Wildman–Crippen MR) is 92.1 cm³/mol. The number of hydrogen-bond acceptors (Lipinski definition) is 1. The van der Waals surface area contributed by atoms with Crippen LogP contribution >= 0.6 is 0 Å². The summed E-state index contributed by atoms with van der Waals surface area (Å²) in [6.07, 6.45) is 4.29. The highest BCUT2D eigenvalue weighted by molar-refractivity contribution is 5.86.